The number of hydrogen-bond donors (Lipinski definition) is 2. The molecule has 114 valence electrons. The summed E-state index contributed by atoms with van der Waals surface area (Å²) in [7, 11) is -3.66. The molecule has 0 unspecified atom stereocenters. The van der Waals surface area contributed by atoms with Crippen LogP contribution in [0.25, 0.3) is 0 Å². The van der Waals surface area contributed by atoms with Crippen molar-refractivity contribution >= 4 is 21.8 Å². The lowest BCUT2D eigenvalue weighted by molar-refractivity contribution is 0.573. The zero-order valence-electron chi connectivity index (χ0n) is 11.8. The van der Waals surface area contributed by atoms with Crippen LogP contribution in [-0.2, 0) is 16.6 Å². The molecule has 0 amide bonds. The Balaban J connectivity index is 2.88. The summed E-state index contributed by atoms with van der Waals surface area (Å²) in [6.45, 7) is 3.41. The predicted molar refractivity (Wildman–Crippen MR) is 82.0 cm³/mol. The highest BCUT2D eigenvalue weighted by molar-refractivity contribution is 7.98. The lowest BCUT2D eigenvalue weighted by Crippen LogP contribution is -2.27. The van der Waals surface area contributed by atoms with Crippen LogP contribution in [-0.4, -0.2) is 33.5 Å². The minimum Gasteiger partial charge on any atom is -0.313 e. The molecule has 0 atom stereocenters. The van der Waals surface area contributed by atoms with E-state index in [1.165, 1.54) is 12.1 Å². The van der Waals surface area contributed by atoms with Gasteiger partial charge in [-0.05, 0) is 42.7 Å². The molecule has 2 N–H and O–H groups in total. The summed E-state index contributed by atoms with van der Waals surface area (Å²) in [6.07, 6.45) is 2.72. The van der Waals surface area contributed by atoms with Gasteiger partial charge in [0.2, 0.25) is 10.0 Å². The second-order valence-corrected chi connectivity index (χ2v) is 7.00. The van der Waals surface area contributed by atoms with Crippen LogP contribution in [0.4, 0.5) is 4.39 Å². The number of nitrogens with one attached hydrogen (secondary N) is 2. The average Bonchev–Trinajstić information content (AvgIpc) is 2.42. The van der Waals surface area contributed by atoms with Crippen LogP contribution in [0.1, 0.15) is 18.9 Å². The normalized spacial score (nSPS) is 11.8. The van der Waals surface area contributed by atoms with Gasteiger partial charge >= 0.3 is 0 Å². The molecule has 1 aromatic rings. The molecule has 7 heteroatoms. The van der Waals surface area contributed by atoms with Gasteiger partial charge in [0.25, 0.3) is 0 Å². The van der Waals surface area contributed by atoms with Gasteiger partial charge in [0.05, 0.1) is 4.90 Å². The molecule has 0 saturated carbocycles. The first-order valence-corrected chi connectivity index (χ1v) is 9.36. The average molecular weight is 320 g/mol. The highest BCUT2D eigenvalue weighted by atomic mass is 32.2. The van der Waals surface area contributed by atoms with E-state index in [4.69, 9.17) is 0 Å². The van der Waals surface area contributed by atoms with Gasteiger partial charge in [-0.25, -0.2) is 17.5 Å². The number of thioether (sulfide) groups is 1. The van der Waals surface area contributed by atoms with Gasteiger partial charge in [0.15, 0.2) is 0 Å². The highest BCUT2D eigenvalue weighted by Gasteiger charge is 2.18. The summed E-state index contributed by atoms with van der Waals surface area (Å²) in [5.41, 5.74) is 0.575. The molecule has 0 fully saturated rings. The summed E-state index contributed by atoms with van der Waals surface area (Å²) in [6, 6.07) is 3.86. The van der Waals surface area contributed by atoms with E-state index in [0.29, 0.717) is 18.7 Å². The molecule has 0 spiro atoms. The van der Waals surface area contributed by atoms with Gasteiger partial charge in [-0.1, -0.05) is 13.0 Å². The number of sulfonamides is 1. The van der Waals surface area contributed by atoms with E-state index in [9.17, 15) is 12.8 Å². The zero-order chi connectivity index (χ0) is 15.0. The molecular weight excluding hydrogens is 299 g/mol. The fourth-order valence-corrected chi connectivity index (χ4v) is 3.44. The summed E-state index contributed by atoms with van der Waals surface area (Å²) >= 11 is 1.66. The summed E-state index contributed by atoms with van der Waals surface area (Å²) in [5, 5.41) is 3.05. The Morgan fingerprint density at radius 3 is 2.75 bits per heavy atom. The third-order valence-corrected chi connectivity index (χ3v) is 4.94. The van der Waals surface area contributed by atoms with Gasteiger partial charge in [-0.3, -0.25) is 0 Å². The van der Waals surface area contributed by atoms with Crippen LogP contribution in [0.5, 0.6) is 0 Å². The molecule has 1 aromatic carbocycles. The first-order chi connectivity index (χ1) is 9.51. The van der Waals surface area contributed by atoms with Crippen molar-refractivity contribution in [3.63, 3.8) is 0 Å². The van der Waals surface area contributed by atoms with Crippen LogP contribution in [0.2, 0.25) is 0 Å². The van der Waals surface area contributed by atoms with Gasteiger partial charge in [-0.2, -0.15) is 11.8 Å². The second-order valence-electron chi connectivity index (χ2n) is 4.28. The van der Waals surface area contributed by atoms with Crippen molar-refractivity contribution in [1.29, 1.82) is 0 Å². The molecule has 0 aliphatic rings. The van der Waals surface area contributed by atoms with E-state index in [2.05, 4.69) is 10.0 Å². The van der Waals surface area contributed by atoms with E-state index >= 15 is 0 Å². The Morgan fingerprint density at radius 2 is 2.10 bits per heavy atom. The molecule has 0 aliphatic heterocycles. The third kappa shape index (κ3) is 5.40. The van der Waals surface area contributed by atoms with Crippen LogP contribution >= 0.6 is 11.8 Å². The maximum Gasteiger partial charge on any atom is 0.240 e. The van der Waals surface area contributed by atoms with Crippen molar-refractivity contribution in [2.75, 3.05) is 25.1 Å². The lowest BCUT2D eigenvalue weighted by Gasteiger charge is -2.12. The minimum atomic E-state index is -3.66. The van der Waals surface area contributed by atoms with E-state index < -0.39 is 15.8 Å². The smallest absolute Gasteiger partial charge is 0.240 e. The molecule has 0 heterocycles. The first kappa shape index (κ1) is 17.4. The van der Waals surface area contributed by atoms with Crippen molar-refractivity contribution in [3.8, 4) is 0 Å². The summed E-state index contributed by atoms with van der Waals surface area (Å²) < 4.78 is 40.3. The maximum atomic E-state index is 13.3. The van der Waals surface area contributed by atoms with E-state index in [1.807, 2.05) is 13.2 Å². The topological polar surface area (TPSA) is 58.2 Å². The van der Waals surface area contributed by atoms with Crippen molar-refractivity contribution in [3.05, 3.63) is 29.6 Å². The number of hydrogen-bond acceptors (Lipinski definition) is 4. The van der Waals surface area contributed by atoms with E-state index in [0.717, 1.165) is 24.8 Å². The summed E-state index contributed by atoms with van der Waals surface area (Å²) in [4.78, 5) is 0.0163. The second kappa shape index (κ2) is 8.61. The molecule has 0 radical (unpaired) electrons. The van der Waals surface area contributed by atoms with Crippen molar-refractivity contribution in [1.82, 2.24) is 10.0 Å². The molecule has 20 heavy (non-hydrogen) atoms. The van der Waals surface area contributed by atoms with Crippen molar-refractivity contribution in [2.45, 2.75) is 24.8 Å². The molecule has 0 bridgehead atoms. The van der Waals surface area contributed by atoms with Crippen molar-refractivity contribution in [2.24, 2.45) is 0 Å². The predicted octanol–water partition coefficient (Wildman–Crippen LogP) is 1.97. The quantitative estimate of drug-likeness (QED) is 0.683. The summed E-state index contributed by atoms with van der Waals surface area (Å²) in [5.74, 6) is 0.338. The fraction of sp³-hybridized carbons (Fsp3) is 0.538. The standard InChI is InChI=1S/C13H21FN2O2S2/c1-3-15-10-11-5-6-12(14)9-13(11)20(17,18)16-7-4-8-19-2/h5-6,9,15-16H,3-4,7-8,10H2,1-2H3. The lowest BCUT2D eigenvalue weighted by atomic mass is 10.2. The van der Waals surface area contributed by atoms with Gasteiger partial charge < -0.3 is 5.32 Å². The SMILES string of the molecule is CCNCc1ccc(F)cc1S(=O)(=O)NCCCSC. The minimum absolute atomic E-state index is 0.0163. The van der Waals surface area contributed by atoms with Crippen LogP contribution in [0.15, 0.2) is 23.1 Å². The Labute approximate surface area is 124 Å². The molecule has 0 saturated heterocycles. The highest BCUT2D eigenvalue weighted by Crippen LogP contribution is 2.17. The first-order valence-electron chi connectivity index (χ1n) is 6.49. The molecule has 0 aliphatic carbocycles. The number of rotatable bonds is 9. The van der Waals surface area contributed by atoms with Gasteiger partial charge in [-0.15, -0.1) is 0 Å². The Bertz CT molecular complexity index is 521. The maximum absolute atomic E-state index is 13.3. The number of halogens is 1. The molecule has 0 aromatic heterocycles. The molecule has 1 rings (SSSR count). The zero-order valence-corrected chi connectivity index (χ0v) is 13.4. The monoisotopic (exact) mass is 320 g/mol. The molecular formula is C13H21FN2O2S2. The fourth-order valence-electron chi connectivity index (χ4n) is 1.69. The Hall–Kier alpha value is -0.630. The van der Waals surface area contributed by atoms with E-state index in [-0.39, 0.29) is 4.90 Å². The van der Waals surface area contributed by atoms with Gasteiger partial charge in [0.1, 0.15) is 5.82 Å². The van der Waals surface area contributed by atoms with E-state index in [1.54, 1.807) is 11.8 Å². The number of benzene rings is 1. The largest absolute Gasteiger partial charge is 0.313 e. The Morgan fingerprint density at radius 1 is 1.35 bits per heavy atom. The Kier molecular flexibility index (Phi) is 7.50. The third-order valence-electron chi connectivity index (χ3n) is 2.70. The van der Waals surface area contributed by atoms with Crippen LogP contribution < -0.4 is 10.0 Å². The van der Waals surface area contributed by atoms with Crippen molar-refractivity contribution < 1.29 is 12.8 Å². The van der Waals surface area contributed by atoms with Crippen LogP contribution in [0, 0.1) is 5.82 Å². The molecule has 4 nitrogen and oxygen atoms in total. The van der Waals surface area contributed by atoms with Gasteiger partial charge in [0, 0.05) is 13.1 Å². The van der Waals surface area contributed by atoms with Crippen LogP contribution in [0.3, 0.4) is 0 Å².